The van der Waals surface area contributed by atoms with Crippen LogP contribution in [0.1, 0.15) is 44.4 Å². The molecule has 2 rings (SSSR count). The zero-order valence-corrected chi connectivity index (χ0v) is 12.0. The second kappa shape index (κ2) is 5.61. The molecule has 0 spiro atoms. The van der Waals surface area contributed by atoms with Gasteiger partial charge in [0.05, 0.1) is 12.6 Å². The summed E-state index contributed by atoms with van der Waals surface area (Å²) in [6.07, 6.45) is 0.860. The maximum Gasteiger partial charge on any atom is 0.136 e. The highest BCUT2D eigenvalue weighted by Gasteiger charge is 2.31. The van der Waals surface area contributed by atoms with E-state index in [1.807, 2.05) is 32.9 Å². The van der Waals surface area contributed by atoms with Crippen molar-refractivity contribution in [3.05, 3.63) is 35.4 Å². The van der Waals surface area contributed by atoms with Crippen LogP contribution in [-0.4, -0.2) is 15.9 Å². The minimum atomic E-state index is -1.06. The van der Waals surface area contributed by atoms with Crippen LogP contribution in [0.2, 0.25) is 0 Å². The molecule has 100 valence electrons. The lowest BCUT2D eigenvalue weighted by Crippen LogP contribution is -2.41. The number of hydrogen-bond acceptors (Lipinski definition) is 3. The van der Waals surface area contributed by atoms with E-state index >= 15 is 0 Å². The molecule has 0 saturated heterocycles. The van der Waals surface area contributed by atoms with Crippen molar-refractivity contribution in [1.29, 1.82) is 0 Å². The number of nitrogens with one attached hydrogen (secondary N) is 1. The molecule has 1 heterocycles. The first-order chi connectivity index (χ1) is 8.48. The molecular weight excluding hydrogens is 246 g/mol. The summed E-state index contributed by atoms with van der Waals surface area (Å²) < 4.78 is 20.8. The summed E-state index contributed by atoms with van der Waals surface area (Å²) in [6, 6.07) is 8.34. The Kier molecular flexibility index (Phi) is 4.33. The predicted molar refractivity (Wildman–Crippen MR) is 74.5 cm³/mol. The summed E-state index contributed by atoms with van der Waals surface area (Å²) >= 11 is -1.06. The van der Waals surface area contributed by atoms with Gasteiger partial charge in [0, 0.05) is 18.0 Å². The third-order valence-electron chi connectivity index (χ3n) is 3.04. The number of ether oxygens (including phenoxy) is 1. The van der Waals surface area contributed by atoms with Crippen molar-refractivity contribution in [2.45, 2.75) is 44.6 Å². The molecule has 0 saturated carbocycles. The third-order valence-corrected chi connectivity index (χ3v) is 4.66. The Morgan fingerprint density at radius 3 is 2.78 bits per heavy atom. The van der Waals surface area contributed by atoms with Crippen molar-refractivity contribution in [2.75, 3.05) is 6.61 Å². The Labute approximate surface area is 112 Å². The van der Waals surface area contributed by atoms with Crippen LogP contribution in [0, 0.1) is 0 Å². The Hall–Kier alpha value is -0.550. The molecule has 18 heavy (non-hydrogen) atoms. The van der Waals surface area contributed by atoms with Gasteiger partial charge in [-0.15, -0.1) is 4.72 Å². The SMILES string of the molecule is CC(C)(C)[S+]([O-])N[C@H]1CCOCc2ccccc21. The van der Waals surface area contributed by atoms with E-state index in [2.05, 4.69) is 16.9 Å². The smallest absolute Gasteiger partial charge is 0.136 e. The van der Waals surface area contributed by atoms with Crippen LogP contribution >= 0.6 is 0 Å². The molecule has 1 aromatic carbocycles. The molecule has 0 aromatic heterocycles. The summed E-state index contributed by atoms with van der Waals surface area (Å²) in [5.41, 5.74) is 2.41. The molecule has 1 N–H and O–H groups in total. The van der Waals surface area contributed by atoms with Gasteiger partial charge in [-0.25, -0.2) is 0 Å². The number of benzene rings is 1. The van der Waals surface area contributed by atoms with Gasteiger partial charge >= 0.3 is 0 Å². The lowest BCUT2D eigenvalue weighted by molar-refractivity contribution is 0.121. The number of hydrogen-bond donors (Lipinski definition) is 1. The fourth-order valence-corrected chi connectivity index (χ4v) is 2.83. The van der Waals surface area contributed by atoms with Gasteiger partial charge in [0.2, 0.25) is 0 Å². The van der Waals surface area contributed by atoms with E-state index in [-0.39, 0.29) is 10.8 Å². The van der Waals surface area contributed by atoms with Gasteiger partial charge in [0.15, 0.2) is 0 Å². The first-order valence-corrected chi connectivity index (χ1v) is 7.47. The average Bonchev–Trinajstić information content (AvgIpc) is 2.51. The van der Waals surface area contributed by atoms with Crippen molar-refractivity contribution < 1.29 is 9.29 Å². The van der Waals surface area contributed by atoms with Gasteiger partial charge in [-0.3, -0.25) is 0 Å². The zero-order valence-electron chi connectivity index (χ0n) is 11.2. The van der Waals surface area contributed by atoms with Crippen molar-refractivity contribution in [3.63, 3.8) is 0 Å². The molecule has 1 aromatic rings. The van der Waals surface area contributed by atoms with Crippen LogP contribution in [0.4, 0.5) is 0 Å². The molecule has 0 amide bonds. The second-order valence-corrected chi connectivity index (χ2v) is 7.59. The van der Waals surface area contributed by atoms with Gasteiger partial charge in [-0.2, -0.15) is 0 Å². The topological polar surface area (TPSA) is 44.3 Å². The lowest BCUT2D eigenvalue weighted by atomic mass is 10.0. The minimum absolute atomic E-state index is 0.115. The molecule has 2 atom stereocenters. The van der Waals surface area contributed by atoms with Gasteiger partial charge in [0.25, 0.3) is 0 Å². The maximum absolute atomic E-state index is 12.2. The number of fused-ring (bicyclic) bond motifs is 1. The highest BCUT2D eigenvalue weighted by molar-refractivity contribution is 7.90. The van der Waals surface area contributed by atoms with Crippen LogP contribution in [0.3, 0.4) is 0 Å². The third kappa shape index (κ3) is 3.26. The van der Waals surface area contributed by atoms with Crippen LogP contribution < -0.4 is 4.72 Å². The summed E-state index contributed by atoms with van der Waals surface area (Å²) in [7, 11) is 0. The molecule has 1 aliphatic heterocycles. The Balaban J connectivity index is 2.18. The van der Waals surface area contributed by atoms with Crippen molar-refractivity contribution >= 4 is 11.4 Å². The summed E-state index contributed by atoms with van der Waals surface area (Å²) in [6.45, 7) is 7.30. The van der Waals surface area contributed by atoms with Crippen molar-refractivity contribution in [1.82, 2.24) is 4.72 Å². The van der Waals surface area contributed by atoms with Crippen LogP contribution in [-0.2, 0) is 22.7 Å². The summed E-state index contributed by atoms with van der Waals surface area (Å²) in [5, 5.41) is 0. The van der Waals surface area contributed by atoms with Crippen LogP contribution in [0.5, 0.6) is 0 Å². The predicted octanol–water partition coefficient (Wildman–Crippen LogP) is 2.70. The van der Waals surface area contributed by atoms with E-state index in [1.165, 1.54) is 11.1 Å². The quantitative estimate of drug-likeness (QED) is 0.838. The molecule has 0 aliphatic carbocycles. The molecular formula is C14H21NO2S. The normalized spacial score (nSPS) is 22.1. The van der Waals surface area contributed by atoms with Gasteiger partial charge < -0.3 is 9.29 Å². The molecule has 0 bridgehead atoms. The lowest BCUT2D eigenvalue weighted by Gasteiger charge is -2.28. The van der Waals surface area contributed by atoms with E-state index < -0.39 is 11.4 Å². The van der Waals surface area contributed by atoms with Gasteiger partial charge in [-0.1, -0.05) is 24.3 Å². The highest BCUT2D eigenvalue weighted by Crippen LogP contribution is 2.27. The van der Waals surface area contributed by atoms with E-state index in [1.54, 1.807) is 0 Å². The maximum atomic E-state index is 12.2. The second-order valence-electron chi connectivity index (χ2n) is 5.59. The molecule has 3 nitrogen and oxygen atoms in total. The van der Waals surface area contributed by atoms with Crippen LogP contribution in [0.15, 0.2) is 24.3 Å². The van der Waals surface area contributed by atoms with Gasteiger partial charge in [0.1, 0.15) is 4.75 Å². The van der Waals surface area contributed by atoms with Gasteiger partial charge in [-0.05, 0) is 38.3 Å². The van der Waals surface area contributed by atoms with E-state index in [9.17, 15) is 4.55 Å². The molecule has 0 fully saturated rings. The zero-order chi connectivity index (χ0) is 13.2. The standard InChI is InChI=1S/C14H21NO2S/c1-14(2,3)18(16)15-13-8-9-17-10-11-6-4-5-7-12(11)13/h4-7,13,15H,8-10H2,1-3H3/t13-,18?/m0/s1. The number of rotatable bonds is 2. The first-order valence-electron chi connectivity index (χ1n) is 6.32. The van der Waals surface area contributed by atoms with Crippen molar-refractivity contribution in [2.24, 2.45) is 0 Å². The minimum Gasteiger partial charge on any atom is -0.598 e. The molecule has 1 unspecified atom stereocenters. The molecule has 1 aliphatic rings. The molecule has 0 radical (unpaired) electrons. The largest absolute Gasteiger partial charge is 0.598 e. The van der Waals surface area contributed by atoms with E-state index in [0.717, 1.165) is 6.42 Å². The van der Waals surface area contributed by atoms with E-state index in [0.29, 0.717) is 13.2 Å². The summed E-state index contributed by atoms with van der Waals surface area (Å²) in [5.74, 6) is 0. The van der Waals surface area contributed by atoms with Crippen LogP contribution in [0.25, 0.3) is 0 Å². The molecule has 4 heteroatoms. The average molecular weight is 267 g/mol. The highest BCUT2D eigenvalue weighted by atomic mass is 32.2. The fourth-order valence-electron chi connectivity index (χ4n) is 1.97. The Morgan fingerprint density at radius 2 is 2.06 bits per heavy atom. The Morgan fingerprint density at radius 1 is 1.33 bits per heavy atom. The summed E-state index contributed by atoms with van der Waals surface area (Å²) in [4.78, 5) is 0. The fraction of sp³-hybridized carbons (Fsp3) is 0.571. The monoisotopic (exact) mass is 267 g/mol. The van der Waals surface area contributed by atoms with E-state index in [4.69, 9.17) is 4.74 Å². The Bertz CT molecular complexity index is 403. The van der Waals surface area contributed by atoms with Crippen molar-refractivity contribution in [3.8, 4) is 0 Å². The first kappa shape index (κ1) is 13.9.